The molecule has 2 aromatic rings. The fourth-order valence-corrected chi connectivity index (χ4v) is 25.0. The van der Waals surface area contributed by atoms with Crippen molar-refractivity contribution < 1.29 is 18.5 Å². The van der Waals surface area contributed by atoms with Crippen molar-refractivity contribution in [3.8, 4) is 11.5 Å². The molecule has 0 radical (unpaired) electrons. The molecule has 0 aliphatic carbocycles. The number of rotatable bonds is 2. The van der Waals surface area contributed by atoms with E-state index in [1.54, 1.807) is 0 Å². The van der Waals surface area contributed by atoms with Crippen molar-refractivity contribution in [1.82, 2.24) is 18.7 Å². The first kappa shape index (κ1) is 28.9. The van der Waals surface area contributed by atoms with Crippen molar-refractivity contribution in [2.75, 3.05) is 65.7 Å². The second-order valence-electron chi connectivity index (χ2n) is 10.7. The minimum atomic E-state index is -3.41. The molecule has 0 saturated carbocycles. The van der Waals surface area contributed by atoms with Gasteiger partial charge in [0.2, 0.25) is 0 Å². The van der Waals surface area contributed by atoms with E-state index in [2.05, 4.69) is 30.8 Å². The molecule has 6 aliphatic heterocycles. The minimum Gasteiger partial charge on any atom is -0.505 e. The Morgan fingerprint density at radius 1 is 0.690 bits per heavy atom. The SMILES string of the molecule is Cl[P@]12=N[P+]34N=[P@@](Cl)([N-]P(N5CCOCC5)(N5CCOCC5)=N1)Oc1ccccc1CN3CCN4Cc1ccccc1O2. The lowest BCUT2D eigenvalue weighted by atomic mass is 10.2. The van der Waals surface area contributed by atoms with Crippen molar-refractivity contribution >= 4 is 51.4 Å². The van der Waals surface area contributed by atoms with Gasteiger partial charge < -0.3 is 23.4 Å². The largest absolute Gasteiger partial charge is 0.505 e. The molecule has 18 heteroatoms. The first-order chi connectivity index (χ1) is 20.4. The monoisotopic (exact) mass is 690 g/mol. The van der Waals surface area contributed by atoms with E-state index in [0.717, 1.165) is 24.2 Å². The van der Waals surface area contributed by atoms with Crippen LogP contribution in [0.15, 0.2) is 62.1 Å². The molecule has 3 fully saturated rings. The Kier molecular flexibility index (Phi) is 7.61. The molecule has 2 aromatic carbocycles. The van der Waals surface area contributed by atoms with E-state index in [1.165, 1.54) is 0 Å². The van der Waals surface area contributed by atoms with Gasteiger partial charge in [-0.1, -0.05) is 47.6 Å². The third-order valence-corrected chi connectivity index (χ3v) is 23.7. The van der Waals surface area contributed by atoms with Crippen LogP contribution in [0.2, 0.25) is 0 Å². The summed E-state index contributed by atoms with van der Waals surface area (Å²) in [7, 11) is -5.96. The summed E-state index contributed by atoms with van der Waals surface area (Å²) in [6, 6.07) is 16.1. The van der Waals surface area contributed by atoms with E-state index in [9.17, 15) is 0 Å². The third kappa shape index (κ3) is 4.96. The lowest BCUT2D eigenvalue weighted by Gasteiger charge is -2.56. The molecule has 1 spiro atoms. The van der Waals surface area contributed by atoms with Crippen LogP contribution in [-0.2, 0) is 22.6 Å². The zero-order chi connectivity index (χ0) is 28.4. The molecule has 6 heterocycles. The first-order valence-electron chi connectivity index (χ1n) is 14.1. The van der Waals surface area contributed by atoms with Crippen LogP contribution in [0.5, 0.6) is 11.5 Å². The van der Waals surface area contributed by atoms with Gasteiger partial charge in [0.05, 0.1) is 52.6 Å². The molecule has 8 rings (SSSR count). The quantitative estimate of drug-likeness (QED) is 0.294. The molecule has 3 bridgehead atoms. The minimum absolute atomic E-state index is 0.554. The zero-order valence-corrected chi connectivity index (χ0v) is 27.9. The van der Waals surface area contributed by atoms with Crippen LogP contribution in [0.4, 0.5) is 0 Å². The van der Waals surface area contributed by atoms with Crippen molar-refractivity contribution in [1.29, 1.82) is 0 Å². The maximum Gasteiger partial charge on any atom is 0.407 e. The number of ether oxygens (including phenoxy) is 2. The summed E-state index contributed by atoms with van der Waals surface area (Å²) in [4.78, 5) is 5.57. The molecule has 0 amide bonds. The normalized spacial score (nSPS) is 35.0. The second-order valence-corrected chi connectivity index (χ2v) is 22.9. The Morgan fingerprint density at radius 2 is 1.21 bits per heavy atom. The summed E-state index contributed by atoms with van der Waals surface area (Å²) in [5, 5.41) is 0. The number of morpholine rings is 2. The van der Waals surface area contributed by atoms with Crippen LogP contribution in [0, 0.1) is 0 Å². The second kappa shape index (κ2) is 11.1. The predicted molar refractivity (Wildman–Crippen MR) is 170 cm³/mol. The van der Waals surface area contributed by atoms with Gasteiger partial charge in [0.15, 0.2) is 6.78 Å². The van der Waals surface area contributed by atoms with Gasteiger partial charge in [-0.15, -0.1) is 9.34 Å². The lowest BCUT2D eigenvalue weighted by molar-refractivity contribution is 0.0577. The van der Waals surface area contributed by atoms with Crippen LogP contribution in [0.25, 0.3) is 4.86 Å². The number of hydrogen-bond donors (Lipinski definition) is 0. The number of halogens is 2. The molecular formula is C24H32Cl2N8O4P4. The van der Waals surface area contributed by atoms with Crippen LogP contribution < -0.4 is 9.05 Å². The van der Waals surface area contributed by atoms with Crippen molar-refractivity contribution in [3.63, 3.8) is 0 Å². The average molecular weight is 691 g/mol. The number of fused-ring (bicyclic) bond motifs is 2. The Morgan fingerprint density at radius 3 is 1.79 bits per heavy atom. The predicted octanol–water partition coefficient (Wildman–Crippen LogP) is 7.83. The number of benzene rings is 2. The van der Waals surface area contributed by atoms with Crippen LogP contribution in [0.3, 0.4) is 0 Å². The molecule has 0 aromatic heterocycles. The van der Waals surface area contributed by atoms with Crippen LogP contribution >= 0.6 is 51.4 Å². The van der Waals surface area contributed by atoms with Gasteiger partial charge in [0.1, 0.15) is 11.5 Å². The molecule has 226 valence electrons. The summed E-state index contributed by atoms with van der Waals surface area (Å²) < 4.78 is 50.9. The molecular weight excluding hydrogens is 659 g/mol. The number of nitrogens with zero attached hydrogens (tertiary/aromatic N) is 8. The van der Waals surface area contributed by atoms with E-state index in [-0.39, 0.29) is 0 Å². The zero-order valence-electron chi connectivity index (χ0n) is 22.9. The highest BCUT2D eigenvalue weighted by molar-refractivity contribution is 8.04. The summed E-state index contributed by atoms with van der Waals surface area (Å²) in [6.45, 7) is 0.624. The van der Waals surface area contributed by atoms with Crippen molar-refractivity contribution in [3.05, 3.63) is 64.5 Å². The summed E-state index contributed by atoms with van der Waals surface area (Å²) >= 11 is 15.4. The Balaban J connectivity index is 1.44. The third-order valence-electron chi connectivity index (χ3n) is 8.11. The average Bonchev–Trinajstić information content (AvgIpc) is 3.27. The summed E-state index contributed by atoms with van der Waals surface area (Å²) in [5.74, 6) is 1.40. The highest BCUT2D eigenvalue weighted by atomic mass is 35.7. The van der Waals surface area contributed by atoms with E-state index < -0.39 is 28.9 Å². The standard InChI is InChI=1S/C24H32Cl2N8O4P4/c25-39-27-41(31-11-15-35-16-12-31,32-13-17-36-18-14-32)28-40(26)30-42(29-39)33(19-21-5-1-3-7-23(21)37-39)9-10-34(42)20-22-6-2-4-8-24(22)38-40/h1-8H,9-20H2/t39-,40-,42?/m1/s1. The number of para-hydroxylation sites is 2. The molecule has 42 heavy (non-hydrogen) atoms. The fraction of sp³-hybridized carbons (Fsp3) is 0.500. The first-order valence-corrected chi connectivity index (χ1v) is 22.3. The molecule has 6 aliphatic rings. The maximum atomic E-state index is 7.70. The molecule has 3 saturated heterocycles. The van der Waals surface area contributed by atoms with E-state index in [0.29, 0.717) is 77.2 Å². The molecule has 0 N–H and O–H groups in total. The van der Waals surface area contributed by atoms with Crippen LogP contribution in [-0.4, -0.2) is 84.4 Å². The highest BCUT2D eigenvalue weighted by Gasteiger charge is 2.63. The molecule has 1 unspecified atom stereocenters. The molecule has 3 atom stereocenters. The Bertz CT molecular complexity index is 1540. The highest BCUT2D eigenvalue weighted by Crippen LogP contribution is 2.92. The van der Waals surface area contributed by atoms with Gasteiger partial charge in [0.25, 0.3) is 0 Å². The summed E-state index contributed by atoms with van der Waals surface area (Å²) in [5.41, 5.74) is 2.07. The molecule has 12 nitrogen and oxygen atoms in total. The topological polar surface area (TPSA) is 101 Å². The summed E-state index contributed by atoms with van der Waals surface area (Å²) in [6.07, 6.45) is 0. The van der Waals surface area contributed by atoms with Gasteiger partial charge in [-0.3, -0.25) is 9.34 Å². The fourth-order valence-electron chi connectivity index (χ4n) is 6.13. The van der Waals surface area contributed by atoms with Crippen molar-refractivity contribution in [2.45, 2.75) is 13.1 Å². The smallest absolute Gasteiger partial charge is 0.407 e. The van der Waals surface area contributed by atoms with Gasteiger partial charge in [-0.25, -0.2) is 4.52 Å². The van der Waals surface area contributed by atoms with Crippen molar-refractivity contribution in [2.24, 2.45) is 13.5 Å². The van der Waals surface area contributed by atoms with Crippen LogP contribution in [0.1, 0.15) is 11.1 Å². The van der Waals surface area contributed by atoms with E-state index >= 15 is 0 Å². The van der Waals surface area contributed by atoms with Gasteiger partial charge in [0, 0.05) is 44.8 Å². The van der Waals surface area contributed by atoms with Gasteiger partial charge in [-0.05, 0) is 32.4 Å². The van der Waals surface area contributed by atoms with Gasteiger partial charge >= 0.3 is 14.7 Å². The number of hydrogen-bond acceptors (Lipinski definition) is 11. The van der Waals surface area contributed by atoms with Gasteiger partial charge in [-0.2, -0.15) is 0 Å². The van der Waals surface area contributed by atoms with E-state index in [4.69, 9.17) is 59.4 Å². The van der Waals surface area contributed by atoms with E-state index in [1.807, 2.05) is 36.4 Å². The Labute approximate surface area is 256 Å². The maximum absolute atomic E-state index is 7.70. The Hall–Kier alpha value is -0.540. The lowest BCUT2D eigenvalue weighted by Crippen LogP contribution is -2.43.